The summed E-state index contributed by atoms with van der Waals surface area (Å²) in [7, 11) is 0. The Balaban J connectivity index is 1.60. The van der Waals surface area contributed by atoms with Crippen molar-refractivity contribution in [1.82, 2.24) is 9.55 Å². The highest BCUT2D eigenvalue weighted by atomic mass is 32.2. The van der Waals surface area contributed by atoms with Crippen LogP contribution < -0.4 is 11.2 Å². The number of H-pyrrole nitrogens is 1. The molecule has 0 radical (unpaired) electrons. The van der Waals surface area contributed by atoms with E-state index in [1.807, 2.05) is 54.6 Å². The molecule has 0 bridgehead atoms. The Bertz CT molecular complexity index is 1130. The molecule has 1 saturated heterocycles. The molecule has 2 unspecified atom stereocenters. The predicted octanol–water partition coefficient (Wildman–Crippen LogP) is 0.966. The van der Waals surface area contributed by atoms with Gasteiger partial charge in [0.2, 0.25) is 0 Å². The molecule has 9 heteroatoms. The van der Waals surface area contributed by atoms with E-state index < -0.39 is 42.4 Å². The average molecular weight is 428 g/mol. The summed E-state index contributed by atoms with van der Waals surface area (Å²) in [6.07, 6.45) is -3.72. The molecular weight excluding hydrogens is 408 g/mol. The van der Waals surface area contributed by atoms with Crippen LogP contribution in [-0.2, 0) is 4.74 Å². The molecule has 0 spiro atoms. The van der Waals surface area contributed by atoms with Crippen molar-refractivity contribution in [2.45, 2.75) is 34.3 Å². The second-order valence-corrected chi connectivity index (χ2v) is 8.00. The maximum atomic E-state index is 12.3. The minimum atomic E-state index is -1.42. The number of aromatic nitrogens is 2. The summed E-state index contributed by atoms with van der Waals surface area (Å²) >= 11 is 1.16. The summed E-state index contributed by atoms with van der Waals surface area (Å²) in [6.45, 7) is -0.512. The van der Waals surface area contributed by atoms with Crippen molar-refractivity contribution in [2.24, 2.45) is 0 Å². The van der Waals surface area contributed by atoms with E-state index in [9.17, 15) is 24.9 Å². The van der Waals surface area contributed by atoms with Crippen molar-refractivity contribution >= 4 is 11.8 Å². The third-order valence-electron chi connectivity index (χ3n) is 4.92. The van der Waals surface area contributed by atoms with Crippen molar-refractivity contribution in [3.63, 3.8) is 0 Å². The van der Waals surface area contributed by atoms with Crippen LogP contribution in [0.25, 0.3) is 11.1 Å². The van der Waals surface area contributed by atoms with Gasteiger partial charge in [0, 0.05) is 11.1 Å². The first-order valence-corrected chi connectivity index (χ1v) is 10.1. The van der Waals surface area contributed by atoms with E-state index in [1.54, 1.807) is 0 Å². The Hall–Kier alpha value is -2.69. The van der Waals surface area contributed by atoms with Crippen LogP contribution in [0.3, 0.4) is 0 Å². The summed E-state index contributed by atoms with van der Waals surface area (Å²) in [5.41, 5.74) is 0.758. The van der Waals surface area contributed by atoms with Crippen LogP contribution >= 0.6 is 11.8 Å². The molecule has 4 rings (SSSR count). The number of hydrogen-bond acceptors (Lipinski definition) is 7. The normalized spacial score (nSPS) is 23.6. The third-order valence-corrected chi connectivity index (χ3v) is 5.93. The van der Waals surface area contributed by atoms with Crippen molar-refractivity contribution in [3.8, 4) is 11.1 Å². The third kappa shape index (κ3) is 3.98. The Labute approximate surface area is 175 Å². The van der Waals surface area contributed by atoms with Gasteiger partial charge in [-0.1, -0.05) is 54.2 Å². The fourth-order valence-corrected chi connectivity index (χ4v) is 4.15. The Kier molecular flexibility index (Phi) is 5.89. The standard InChI is InChI=1S/C21H20N2O6S/c24-11-15-17(25)18(26)20(29-15)23-10-16(19(27)22-21(23)28)30-14-8-6-13(7-9-14)12-4-2-1-3-5-12/h1-10,15,17-18,20,24-26H,11H2,(H,22,27,28)/t15-,17?,18?,20-/m0/s1. The van der Waals surface area contributed by atoms with Gasteiger partial charge in [0.15, 0.2) is 6.23 Å². The zero-order valence-electron chi connectivity index (χ0n) is 15.7. The number of hydrogen-bond donors (Lipinski definition) is 4. The summed E-state index contributed by atoms with van der Waals surface area (Å²) in [4.78, 5) is 27.7. The maximum absolute atomic E-state index is 12.3. The minimum absolute atomic E-state index is 0.222. The lowest BCUT2D eigenvalue weighted by atomic mass is 10.1. The Morgan fingerprint density at radius 1 is 0.967 bits per heavy atom. The van der Waals surface area contributed by atoms with E-state index in [4.69, 9.17) is 4.74 Å². The molecule has 8 nitrogen and oxygen atoms in total. The number of benzene rings is 2. The lowest BCUT2D eigenvalue weighted by molar-refractivity contribution is -0.0553. The number of rotatable bonds is 5. The predicted molar refractivity (Wildman–Crippen MR) is 110 cm³/mol. The molecule has 1 fully saturated rings. The van der Waals surface area contributed by atoms with Gasteiger partial charge in [-0.3, -0.25) is 14.3 Å². The topological polar surface area (TPSA) is 125 Å². The van der Waals surface area contributed by atoms with Crippen LogP contribution in [-0.4, -0.2) is 49.8 Å². The van der Waals surface area contributed by atoms with Gasteiger partial charge in [-0.2, -0.15) is 0 Å². The summed E-state index contributed by atoms with van der Waals surface area (Å²) < 4.78 is 6.41. The second-order valence-electron chi connectivity index (χ2n) is 6.88. The van der Waals surface area contributed by atoms with Crippen molar-refractivity contribution in [1.29, 1.82) is 0 Å². The lowest BCUT2D eigenvalue weighted by Crippen LogP contribution is -2.38. The highest BCUT2D eigenvalue weighted by Gasteiger charge is 2.43. The Morgan fingerprint density at radius 3 is 2.27 bits per heavy atom. The fraction of sp³-hybridized carbons (Fsp3) is 0.238. The molecule has 1 aliphatic rings. The van der Waals surface area contributed by atoms with E-state index >= 15 is 0 Å². The minimum Gasteiger partial charge on any atom is -0.394 e. The van der Waals surface area contributed by atoms with Crippen LogP contribution in [0.4, 0.5) is 0 Å². The monoisotopic (exact) mass is 428 g/mol. The van der Waals surface area contributed by atoms with Crippen LogP contribution in [0.5, 0.6) is 0 Å². The summed E-state index contributed by atoms with van der Waals surface area (Å²) in [5, 5.41) is 29.4. The van der Waals surface area contributed by atoms with Crippen LogP contribution in [0.1, 0.15) is 6.23 Å². The summed E-state index contributed by atoms with van der Waals surface area (Å²) in [5.74, 6) is 0. The van der Waals surface area contributed by atoms with Gasteiger partial charge in [-0.05, 0) is 23.3 Å². The number of aromatic amines is 1. The maximum Gasteiger partial charge on any atom is 0.330 e. The first-order valence-electron chi connectivity index (χ1n) is 9.29. The summed E-state index contributed by atoms with van der Waals surface area (Å²) in [6, 6.07) is 17.5. The van der Waals surface area contributed by atoms with E-state index in [1.165, 1.54) is 6.20 Å². The SMILES string of the molecule is O=c1[nH]c(=O)n([C@H]2O[C@@H](CO)C(O)C2O)cc1Sc1ccc(-c2ccccc2)cc1. The van der Waals surface area contributed by atoms with E-state index in [-0.39, 0.29) is 4.90 Å². The van der Waals surface area contributed by atoms with Gasteiger partial charge < -0.3 is 20.1 Å². The zero-order valence-corrected chi connectivity index (χ0v) is 16.5. The van der Waals surface area contributed by atoms with Gasteiger partial charge in [0.05, 0.1) is 11.5 Å². The second kappa shape index (κ2) is 8.58. The quantitative estimate of drug-likeness (QED) is 0.477. The van der Waals surface area contributed by atoms with Crippen molar-refractivity contribution in [2.75, 3.05) is 6.61 Å². The Morgan fingerprint density at radius 2 is 1.63 bits per heavy atom. The molecule has 0 amide bonds. The molecule has 30 heavy (non-hydrogen) atoms. The molecule has 4 atom stereocenters. The van der Waals surface area contributed by atoms with Crippen LogP contribution in [0.2, 0.25) is 0 Å². The van der Waals surface area contributed by atoms with Gasteiger partial charge >= 0.3 is 5.69 Å². The number of nitrogens with zero attached hydrogens (tertiary/aromatic N) is 1. The van der Waals surface area contributed by atoms with E-state index in [0.29, 0.717) is 0 Å². The molecule has 156 valence electrons. The molecule has 1 aliphatic heterocycles. The van der Waals surface area contributed by atoms with E-state index in [0.717, 1.165) is 32.4 Å². The molecular formula is C21H20N2O6S. The number of nitrogens with one attached hydrogen (secondary N) is 1. The lowest BCUT2D eigenvalue weighted by Gasteiger charge is -2.17. The molecule has 1 aromatic heterocycles. The smallest absolute Gasteiger partial charge is 0.330 e. The van der Waals surface area contributed by atoms with Crippen LogP contribution in [0.15, 0.2) is 80.2 Å². The van der Waals surface area contributed by atoms with Crippen molar-refractivity contribution < 1.29 is 20.1 Å². The van der Waals surface area contributed by atoms with Crippen molar-refractivity contribution in [3.05, 3.63) is 81.6 Å². The van der Waals surface area contributed by atoms with Gasteiger partial charge in [0.25, 0.3) is 5.56 Å². The average Bonchev–Trinajstić information content (AvgIpc) is 3.05. The number of aliphatic hydroxyl groups excluding tert-OH is 3. The van der Waals surface area contributed by atoms with Gasteiger partial charge in [0.1, 0.15) is 18.3 Å². The van der Waals surface area contributed by atoms with Gasteiger partial charge in [-0.15, -0.1) is 0 Å². The van der Waals surface area contributed by atoms with Crippen LogP contribution in [0, 0.1) is 0 Å². The first-order chi connectivity index (χ1) is 14.5. The molecule has 4 N–H and O–H groups in total. The largest absolute Gasteiger partial charge is 0.394 e. The zero-order chi connectivity index (χ0) is 21.3. The first kappa shape index (κ1) is 20.6. The highest BCUT2D eigenvalue weighted by Crippen LogP contribution is 2.31. The molecule has 0 saturated carbocycles. The number of ether oxygens (including phenoxy) is 1. The molecule has 2 heterocycles. The molecule has 2 aromatic carbocycles. The molecule has 0 aliphatic carbocycles. The highest BCUT2D eigenvalue weighted by molar-refractivity contribution is 7.99. The fourth-order valence-electron chi connectivity index (χ4n) is 3.31. The molecule has 3 aromatic rings. The van der Waals surface area contributed by atoms with E-state index in [2.05, 4.69) is 4.98 Å². The van der Waals surface area contributed by atoms with Gasteiger partial charge in [-0.25, -0.2) is 4.79 Å². The number of aliphatic hydroxyl groups is 3.